The van der Waals surface area contributed by atoms with Gasteiger partial charge in [0.25, 0.3) is 5.91 Å². The standard InChI is InChI=1S/C18H26N2O3/c1-2-14-5-6-17(21)16(12-14)18(22)20-7-3-4-15(20)13-19-8-10-23-11-9-19/h5-6,12,15,21H,2-4,7-11,13H2,1H3. The summed E-state index contributed by atoms with van der Waals surface area (Å²) in [6.45, 7) is 7.18. The monoisotopic (exact) mass is 318 g/mol. The highest BCUT2D eigenvalue weighted by atomic mass is 16.5. The Labute approximate surface area is 137 Å². The lowest BCUT2D eigenvalue weighted by Crippen LogP contribution is -2.46. The molecule has 0 spiro atoms. The molecule has 5 heteroatoms. The molecule has 0 aromatic heterocycles. The Hall–Kier alpha value is -1.59. The number of carbonyl (C=O) groups excluding carboxylic acids is 1. The maximum Gasteiger partial charge on any atom is 0.257 e. The van der Waals surface area contributed by atoms with Crippen molar-refractivity contribution in [1.82, 2.24) is 9.80 Å². The van der Waals surface area contributed by atoms with Crippen LogP contribution in [0.3, 0.4) is 0 Å². The van der Waals surface area contributed by atoms with E-state index in [1.165, 1.54) is 0 Å². The molecule has 5 nitrogen and oxygen atoms in total. The van der Waals surface area contributed by atoms with Crippen LogP contribution in [0, 0.1) is 0 Å². The van der Waals surface area contributed by atoms with Crippen molar-refractivity contribution in [3.05, 3.63) is 29.3 Å². The fourth-order valence-electron chi connectivity index (χ4n) is 3.50. The van der Waals surface area contributed by atoms with Crippen molar-refractivity contribution >= 4 is 5.91 Å². The van der Waals surface area contributed by atoms with Crippen molar-refractivity contribution in [3.63, 3.8) is 0 Å². The van der Waals surface area contributed by atoms with Gasteiger partial charge in [-0.05, 0) is 37.0 Å². The Morgan fingerprint density at radius 2 is 2.09 bits per heavy atom. The van der Waals surface area contributed by atoms with E-state index in [2.05, 4.69) is 11.8 Å². The lowest BCUT2D eigenvalue weighted by Gasteiger charge is -2.33. The molecule has 1 N–H and O–H groups in total. The molecule has 2 aliphatic rings. The van der Waals surface area contributed by atoms with E-state index in [0.717, 1.165) is 64.2 Å². The molecular formula is C18H26N2O3. The second-order valence-electron chi connectivity index (χ2n) is 6.41. The normalized spacial score (nSPS) is 22.5. The van der Waals surface area contributed by atoms with Crippen LogP contribution in [0.2, 0.25) is 0 Å². The van der Waals surface area contributed by atoms with Crippen LogP contribution in [0.1, 0.15) is 35.7 Å². The van der Waals surface area contributed by atoms with Gasteiger partial charge in [-0.1, -0.05) is 13.0 Å². The zero-order chi connectivity index (χ0) is 16.2. The van der Waals surface area contributed by atoms with E-state index in [1.807, 2.05) is 17.0 Å². The highest BCUT2D eigenvalue weighted by molar-refractivity contribution is 5.97. The van der Waals surface area contributed by atoms with Gasteiger partial charge in [0.1, 0.15) is 5.75 Å². The number of ether oxygens (including phenoxy) is 1. The van der Waals surface area contributed by atoms with E-state index < -0.39 is 0 Å². The van der Waals surface area contributed by atoms with E-state index in [1.54, 1.807) is 6.07 Å². The summed E-state index contributed by atoms with van der Waals surface area (Å²) in [5, 5.41) is 10.1. The van der Waals surface area contributed by atoms with Crippen LogP contribution in [0.5, 0.6) is 5.75 Å². The van der Waals surface area contributed by atoms with Crippen LogP contribution < -0.4 is 0 Å². The fourth-order valence-corrected chi connectivity index (χ4v) is 3.50. The summed E-state index contributed by atoms with van der Waals surface area (Å²) in [5.74, 6) is 0.0535. The third kappa shape index (κ3) is 3.67. The Morgan fingerprint density at radius 3 is 2.83 bits per heavy atom. The quantitative estimate of drug-likeness (QED) is 0.921. The molecule has 0 saturated carbocycles. The van der Waals surface area contributed by atoms with Gasteiger partial charge in [-0.25, -0.2) is 0 Å². The molecule has 1 aromatic carbocycles. The van der Waals surface area contributed by atoms with Crippen LogP contribution >= 0.6 is 0 Å². The first-order valence-electron chi connectivity index (χ1n) is 8.62. The number of phenolic OH excluding ortho intramolecular Hbond substituents is 1. The molecule has 23 heavy (non-hydrogen) atoms. The number of nitrogens with zero attached hydrogens (tertiary/aromatic N) is 2. The summed E-state index contributed by atoms with van der Waals surface area (Å²) in [7, 11) is 0. The average Bonchev–Trinajstić information content (AvgIpc) is 3.04. The summed E-state index contributed by atoms with van der Waals surface area (Å²) in [4.78, 5) is 17.2. The third-order valence-corrected chi connectivity index (χ3v) is 4.91. The Balaban J connectivity index is 1.72. The minimum atomic E-state index is -0.0337. The maximum absolute atomic E-state index is 12.9. The van der Waals surface area contributed by atoms with Gasteiger partial charge in [0.15, 0.2) is 0 Å². The van der Waals surface area contributed by atoms with E-state index >= 15 is 0 Å². The molecule has 2 fully saturated rings. The number of hydrogen-bond acceptors (Lipinski definition) is 4. The minimum absolute atomic E-state index is 0.0337. The molecule has 3 rings (SSSR count). The van der Waals surface area contributed by atoms with Crippen LogP contribution in [-0.2, 0) is 11.2 Å². The zero-order valence-electron chi connectivity index (χ0n) is 13.8. The van der Waals surface area contributed by atoms with Crippen LogP contribution in [0.15, 0.2) is 18.2 Å². The molecule has 2 saturated heterocycles. The van der Waals surface area contributed by atoms with Gasteiger partial charge in [-0.3, -0.25) is 9.69 Å². The number of benzene rings is 1. The number of likely N-dealkylation sites (tertiary alicyclic amines) is 1. The van der Waals surface area contributed by atoms with Crippen molar-refractivity contribution in [2.45, 2.75) is 32.2 Å². The van der Waals surface area contributed by atoms with E-state index in [4.69, 9.17) is 4.74 Å². The summed E-state index contributed by atoms with van der Waals surface area (Å²) in [5.41, 5.74) is 1.52. The lowest BCUT2D eigenvalue weighted by atomic mass is 10.1. The molecule has 1 amide bonds. The van der Waals surface area contributed by atoms with Gasteiger partial charge in [0.05, 0.1) is 18.8 Å². The van der Waals surface area contributed by atoms with Crippen molar-refractivity contribution < 1.29 is 14.6 Å². The largest absolute Gasteiger partial charge is 0.507 e. The SMILES string of the molecule is CCc1ccc(O)c(C(=O)N2CCCC2CN2CCOCC2)c1. The predicted octanol–water partition coefficient (Wildman–Crippen LogP) is 1.89. The first-order chi connectivity index (χ1) is 11.2. The predicted molar refractivity (Wildman–Crippen MR) is 88.8 cm³/mol. The van der Waals surface area contributed by atoms with Crippen LogP contribution in [-0.4, -0.2) is 66.2 Å². The zero-order valence-corrected chi connectivity index (χ0v) is 13.8. The second-order valence-corrected chi connectivity index (χ2v) is 6.41. The summed E-state index contributed by atoms with van der Waals surface area (Å²) >= 11 is 0. The summed E-state index contributed by atoms with van der Waals surface area (Å²) < 4.78 is 5.39. The lowest BCUT2D eigenvalue weighted by molar-refractivity contribution is 0.0261. The van der Waals surface area contributed by atoms with Crippen LogP contribution in [0.4, 0.5) is 0 Å². The maximum atomic E-state index is 12.9. The minimum Gasteiger partial charge on any atom is -0.507 e. The van der Waals surface area contributed by atoms with Crippen molar-refractivity contribution in [3.8, 4) is 5.75 Å². The van der Waals surface area contributed by atoms with Gasteiger partial charge < -0.3 is 14.7 Å². The molecule has 1 aromatic rings. The molecule has 0 aliphatic carbocycles. The topological polar surface area (TPSA) is 53.0 Å². The average molecular weight is 318 g/mol. The van der Waals surface area contributed by atoms with E-state index in [9.17, 15) is 9.90 Å². The van der Waals surface area contributed by atoms with E-state index in [0.29, 0.717) is 5.56 Å². The Bertz CT molecular complexity index is 555. The number of rotatable bonds is 4. The molecular weight excluding hydrogens is 292 g/mol. The molecule has 0 bridgehead atoms. The molecule has 2 heterocycles. The van der Waals surface area contributed by atoms with Crippen LogP contribution in [0.25, 0.3) is 0 Å². The van der Waals surface area contributed by atoms with Gasteiger partial charge in [0.2, 0.25) is 0 Å². The highest BCUT2D eigenvalue weighted by Crippen LogP contribution is 2.26. The highest BCUT2D eigenvalue weighted by Gasteiger charge is 2.32. The number of aryl methyl sites for hydroxylation is 1. The third-order valence-electron chi connectivity index (χ3n) is 4.91. The number of carbonyl (C=O) groups is 1. The van der Waals surface area contributed by atoms with Gasteiger partial charge >= 0.3 is 0 Å². The van der Waals surface area contributed by atoms with Gasteiger partial charge in [-0.15, -0.1) is 0 Å². The molecule has 2 aliphatic heterocycles. The molecule has 1 atom stereocenters. The van der Waals surface area contributed by atoms with Crippen molar-refractivity contribution in [2.75, 3.05) is 39.4 Å². The smallest absolute Gasteiger partial charge is 0.257 e. The molecule has 1 unspecified atom stereocenters. The Kier molecular flexibility index (Phi) is 5.18. The Morgan fingerprint density at radius 1 is 1.30 bits per heavy atom. The summed E-state index contributed by atoms with van der Waals surface area (Å²) in [6, 6.07) is 5.59. The first-order valence-corrected chi connectivity index (χ1v) is 8.62. The molecule has 0 radical (unpaired) electrons. The number of morpholine rings is 1. The van der Waals surface area contributed by atoms with E-state index in [-0.39, 0.29) is 17.7 Å². The van der Waals surface area contributed by atoms with Crippen molar-refractivity contribution in [1.29, 1.82) is 0 Å². The number of phenols is 1. The van der Waals surface area contributed by atoms with Gasteiger partial charge in [-0.2, -0.15) is 0 Å². The molecule has 126 valence electrons. The summed E-state index contributed by atoms with van der Waals surface area (Å²) in [6.07, 6.45) is 2.93. The number of hydrogen-bond donors (Lipinski definition) is 1. The number of aromatic hydroxyl groups is 1. The van der Waals surface area contributed by atoms with Gasteiger partial charge in [0, 0.05) is 32.2 Å². The first kappa shape index (κ1) is 16.3. The van der Waals surface area contributed by atoms with Crippen molar-refractivity contribution in [2.24, 2.45) is 0 Å². The number of amides is 1. The fraction of sp³-hybridized carbons (Fsp3) is 0.611. The second kappa shape index (κ2) is 7.32.